The summed E-state index contributed by atoms with van der Waals surface area (Å²) >= 11 is 0. The molecule has 1 aromatic rings. The molecule has 0 amide bonds. The molecule has 0 fully saturated rings. The number of furan rings is 1. The van der Waals surface area contributed by atoms with Gasteiger partial charge in [-0.1, -0.05) is 20.8 Å². The molecule has 1 heterocycles. The lowest BCUT2D eigenvalue weighted by molar-refractivity contribution is 0.409. The smallest absolute Gasteiger partial charge is 0.109 e. The molecule has 56 valence electrons. The van der Waals surface area contributed by atoms with Crippen LogP contribution in [0.3, 0.4) is 0 Å². The molecule has 0 bridgehead atoms. The van der Waals surface area contributed by atoms with E-state index in [0.717, 1.165) is 5.76 Å². The minimum atomic E-state index is 0.147. The molecule has 0 saturated heterocycles. The highest BCUT2D eigenvalue weighted by molar-refractivity contribution is 5.16. The van der Waals surface area contributed by atoms with Crippen molar-refractivity contribution in [2.45, 2.75) is 33.1 Å². The second kappa shape index (κ2) is 2.15. The largest absolute Gasteiger partial charge is 0.469 e. The molecule has 1 nitrogen and oxygen atoms in total. The molecule has 0 aliphatic heterocycles. The average Bonchev–Trinajstić information content (AvgIpc) is 2.11. The van der Waals surface area contributed by atoms with Crippen LogP contribution in [0, 0.1) is 6.92 Å². The van der Waals surface area contributed by atoms with E-state index in [0.29, 0.717) is 0 Å². The Bertz CT molecular complexity index is 215. The van der Waals surface area contributed by atoms with Crippen LogP contribution in [0.5, 0.6) is 0 Å². The van der Waals surface area contributed by atoms with E-state index in [4.69, 9.17) is 4.42 Å². The van der Waals surface area contributed by atoms with E-state index in [1.807, 2.05) is 6.92 Å². The fraction of sp³-hybridized carbons (Fsp3) is 0.556. The number of aryl methyl sites for hydroxylation is 1. The van der Waals surface area contributed by atoms with Gasteiger partial charge in [-0.3, -0.25) is 0 Å². The second-order valence-electron chi connectivity index (χ2n) is 3.74. The van der Waals surface area contributed by atoms with E-state index in [1.165, 1.54) is 5.56 Å². The maximum Gasteiger partial charge on any atom is 0.109 e. The summed E-state index contributed by atoms with van der Waals surface area (Å²) < 4.78 is 5.33. The zero-order chi connectivity index (χ0) is 7.78. The first kappa shape index (κ1) is 7.39. The van der Waals surface area contributed by atoms with Crippen molar-refractivity contribution in [3.05, 3.63) is 23.7 Å². The lowest BCUT2D eigenvalue weighted by atomic mass is 9.93. The van der Waals surface area contributed by atoms with Crippen LogP contribution >= 0.6 is 0 Å². The summed E-state index contributed by atoms with van der Waals surface area (Å²) in [5.74, 6) is 1.06. The Kier molecular flexibility index (Phi) is 1.59. The average molecular weight is 138 g/mol. The minimum absolute atomic E-state index is 0.147. The van der Waals surface area contributed by atoms with Gasteiger partial charge >= 0.3 is 0 Å². The quantitative estimate of drug-likeness (QED) is 0.537. The van der Waals surface area contributed by atoms with Crippen molar-refractivity contribution in [2.75, 3.05) is 0 Å². The SMILES string of the molecule is Cc1coc(C(C)(C)C)c1. The molecular weight excluding hydrogens is 124 g/mol. The molecule has 1 rings (SSSR count). The van der Waals surface area contributed by atoms with Crippen LogP contribution in [-0.2, 0) is 5.41 Å². The molecule has 0 spiro atoms. The first-order valence-corrected chi connectivity index (χ1v) is 3.56. The van der Waals surface area contributed by atoms with Gasteiger partial charge < -0.3 is 4.42 Å². The third-order valence-electron chi connectivity index (χ3n) is 1.47. The van der Waals surface area contributed by atoms with Gasteiger partial charge in [0.15, 0.2) is 0 Å². The van der Waals surface area contributed by atoms with Gasteiger partial charge in [-0.2, -0.15) is 0 Å². The number of rotatable bonds is 0. The summed E-state index contributed by atoms with van der Waals surface area (Å²) in [5, 5.41) is 0. The van der Waals surface area contributed by atoms with E-state index in [9.17, 15) is 0 Å². The molecule has 0 N–H and O–H groups in total. The van der Waals surface area contributed by atoms with Crippen molar-refractivity contribution < 1.29 is 4.42 Å². The summed E-state index contributed by atoms with van der Waals surface area (Å²) in [6, 6.07) is 2.08. The molecular formula is C9H14O. The number of hydrogen-bond donors (Lipinski definition) is 0. The van der Waals surface area contributed by atoms with Crippen molar-refractivity contribution in [1.82, 2.24) is 0 Å². The highest BCUT2D eigenvalue weighted by atomic mass is 16.3. The highest BCUT2D eigenvalue weighted by Crippen LogP contribution is 2.23. The maximum atomic E-state index is 5.33. The molecule has 0 aliphatic carbocycles. The topological polar surface area (TPSA) is 13.1 Å². The van der Waals surface area contributed by atoms with E-state index in [-0.39, 0.29) is 5.41 Å². The van der Waals surface area contributed by atoms with Gasteiger partial charge in [0.1, 0.15) is 5.76 Å². The van der Waals surface area contributed by atoms with Gasteiger partial charge in [0.25, 0.3) is 0 Å². The van der Waals surface area contributed by atoms with Crippen LogP contribution in [0.1, 0.15) is 32.1 Å². The first-order valence-electron chi connectivity index (χ1n) is 3.56. The van der Waals surface area contributed by atoms with Gasteiger partial charge in [0.2, 0.25) is 0 Å². The van der Waals surface area contributed by atoms with E-state index in [1.54, 1.807) is 6.26 Å². The van der Waals surface area contributed by atoms with Crippen molar-refractivity contribution >= 4 is 0 Å². The zero-order valence-corrected chi connectivity index (χ0v) is 7.06. The Balaban J connectivity index is 2.96. The predicted octanol–water partition coefficient (Wildman–Crippen LogP) is 2.89. The number of hydrogen-bond acceptors (Lipinski definition) is 1. The Morgan fingerprint density at radius 3 is 2.10 bits per heavy atom. The van der Waals surface area contributed by atoms with Gasteiger partial charge in [-0.05, 0) is 18.6 Å². The lowest BCUT2D eigenvalue weighted by Crippen LogP contribution is -2.08. The third-order valence-corrected chi connectivity index (χ3v) is 1.47. The maximum absolute atomic E-state index is 5.33. The van der Waals surface area contributed by atoms with Crippen molar-refractivity contribution in [3.8, 4) is 0 Å². The summed E-state index contributed by atoms with van der Waals surface area (Å²) in [7, 11) is 0. The molecule has 0 unspecified atom stereocenters. The first-order chi connectivity index (χ1) is 4.50. The van der Waals surface area contributed by atoms with E-state index in [2.05, 4.69) is 26.8 Å². The van der Waals surface area contributed by atoms with Crippen LogP contribution in [0.4, 0.5) is 0 Å². The molecule has 0 aromatic carbocycles. The van der Waals surface area contributed by atoms with Crippen LogP contribution in [0.15, 0.2) is 16.7 Å². The molecule has 1 aromatic heterocycles. The van der Waals surface area contributed by atoms with Gasteiger partial charge in [-0.25, -0.2) is 0 Å². The summed E-state index contributed by atoms with van der Waals surface area (Å²) in [5.41, 5.74) is 1.35. The van der Waals surface area contributed by atoms with Crippen LogP contribution < -0.4 is 0 Å². The standard InChI is InChI=1S/C9H14O/c1-7-5-8(10-6-7)9(2,3)4/h5-6H,1-4H3. The Hall–Kier alpha value is -0.720. The molecule has 10 heavy (non-hydrogen) atoms. The summed E-state index contributed by atoms with van der Waals surface area (Å²) in [6.07, 6.45) is 1.79. The van der Waals surface area contributed by atoms with Crippen LogP contribution in [0.25, 0.3) is 0 Å². The third kappa shape index (κ3) is 1.41. The van der Waals surface area contributed by atoms with Crippen molar-refractivity contribution in [1.29, 1.82) is 0 Å². The van der Waals surface area contributed by atoms with Crippen molar-refractivity contribution in [2.24, 2.45) is 0 Å². The van der Waals surface area contributed by atoms with Crippen LogP contribution in [-0.4, -0.2) is 0 Å². The van der Waals surface area contributed by atoms with Gasteiger partial charge in [0, 0.05) is 5.41 Å². The van der Waals surface area contributed by atoms with Crippen LogP contribution in [0.2, 0.25) is 0 Å². The predicted molar refractivity (Wildman–Crippen MR) is 42.1 cm³/mol. The van der Waals surface area contributed by atoms with E-state index >= 15 is 0 Å². The zero-order valence-electron chi connectivity index (χ0n) is 7.06. The minimum Gasteiger partial charge on any atom is -0.469 e. The second-order valence-corrected chi connectivity index (χ2v) is 3.74. The van der Waals surface area contributed by atoms with Gasteiger partial charge in [0.05, 0.1) is 6.26 Å². The Morgan fingerprint density at radius 2 is 1.90 bits per heavy atom. The summed E-state index contributed by atoms with van der Waals surface area (Å²) in [6.45, 7) is 8.47. The molecule has 1 heteroatoms. The van der Waals surface area contributed by atoms with E-state index < -0.39 is 0 Å². The normalized spacial score (nSPS) is 12.0. The fourth-order valence-corrected chi connectivity index (χ4v) is 0.825. The Morgan fingerprint density at radius 1 is 1.30 bits per heavy atom. The van der Waals surface area contributed by atoms with Gasteiger partial charge in [-0.15, -0.1) is 0 Å². The Labute approximate surface area is 62.1 Å². The highest BCUT2D eigenvalue weighted by Gasteiger charge is 2.16. The molecule has 0 saturated carbocycles. The van der Waals surface area contributed by atoms with Crippen molar-refractivity contribution in [3.63, 3.8) is 0 Å². The molecule has 0 aliphatic rings. The molecule has 0 atom stereocenters. The molecule has 0 radical (unpaired) electrons. The lowest BCUT2D eigenvalue weighted by Gasteiger charge is -2.13. The summed E-state index contributed by atoms with van der Waals surface area (Å²) in [4.78, 5) is 0. The fourth-order valence-electron chi connectivity index (χ4n) is 0.825. The monoisotopic (exact) mass is 138 g/mol.